The molecule has 0 spiro atoms. The molecule has 0 N–H and O–H groups in total. The molecule has 1 aliphatic rings. The van der Waals surface area contributed by atoms with Crippen LogP contribution in [-0.4, -0.2) is 35.5 Å². The van der Waals surface area contributed by atoms with Crippen molar-refractivity contribution in [2.45, 2.75) is 38.3 Å². The fraction of sp³-hybridized carbons (Fsp3) is 0.571. The molecule has 98 valence electrons. The predicted octanol–water partition coefficient (Wildman–Crippen LogP) is 2.17. The molecule has 0 aliphatic carbocycles. The van der Waals surface area contributed by atoms with Gasteiger partial charge in [-0.05, 0) is 39.4 Å². The molecular weight excluding hydrogens is 228 g/mol. The van der Waals surface area contributed by atoms with Gasteiger partial charge in [-0.3, -0.25) is 14.7 Å². The highest BCUT2D eigenvalue weighted by Crippen LogP contribution is 2.21. The van der Waals surface area contributed by atoms with Gasteiger partial charge >= 0.3 is 5.97 Å². The van der Waals surface area contributed by atoms with Crippen LogP contribution in [0.25, 0.3) is 0 Å². The van der Waals surface area contributed by atoms with Gasteiger partial charge in [-0.2, -0.15) is 0 Å². The van der Waals surface area contributed by atoms with E-state index in [-0.39, 0.29) is 18.1 Å². The van der Waals surface area contributed by atoms with E-state index >= 15 is 0 Å². The van der Waals surface area contributed by atoms with E-state index in [1.54, 1.807) is 12.4 Å². The summed E-state index contributed by atoms with van der Waals surface area (Å²) in [6.45, 7) is 2.86. The summed E-state index contributed by atoms with van der Waals surface area (Å²) in [6.07, 6.45) is 6.38. The summed E-state index contributed by atoms with van der Waals surface area (Å²) < 4.78 is 5.53. The monoisotopic (exact) mass is 248 g/mol. The van der Waals surface area contributed by atoms with Gasteiger partial charge in [0, 0.05) is 18.0 Å². The highest BCUT2D eigenvalue weighted by atomic mass is 16.5. The number of pyridine rings is 1. The lowest BCUT2D eigenvalue weighted by Gasteiger charge is -2.31. The molecule has 4 heteroatoms. The van der Waals surface area contributed by atoms with Crippen molar-refractivity contribution in [2.24, 2.45) is 0 Å². The number of aromatic nitrogens is 1. The van der Waals surface area contributed by atoms with E-state index < -0.39 is 0 Å². The van der Waals surface area contributed by atoms with E-state index in [1.165, 1.54) is 6.42 Å². The second kappa shape index (κ2) is 5.96. The number of nitrogens with zero attached hydrogens (tertiary/aromatic N) is 2. The number of esters is 1. The maximum absolute atomic E-state index is 12.1. The number of hydrogen-bond donors (Lipinski definition) is 0. The molecule has 1 aromatic heterocycles. The zero-order valence-electron chi connectivity index (χ0n) is 11.0. The van der Waals surface area contributed by atoms with Gasteiger partial charge in [-0.1, -0.05) is 12.5 Å². The topological polar surface area (TPSA) is 42.4 Å². The minimum atomic E-state index is -0.235. The van der Waals surface area contributed by atoms with Crippen molar-refractivity contribution >= 4 is 5.97 Å². The van der Waals surface area contributed by atoms with Crippen molar-refractivity contribution in [3.63, 3.8) is 0 Å². The van der Waals surface area contributed by atoms with Gasteiger partial charge in [0.2, 0.25) is 0 Å². The number of carbonyl (C=O) groups is 1. The summed E-state index contributed by atoms with van der Waals surface area (Å²) in [4.78, 5) is 18.2. The lowest BCUT2D eigenvalue weighted by atomic mass is 10.0. The predicted molar refractivity (Wildman–Crippen MR) is 69.0 cm³/mol. The molecule has 4 nitrogen and oxygen atoms in total. The Balaban J connectivity index is 1.94. The Labute approximate surface area is 108 Å². The third kappa shape index (κ3) is 3.07. The van der Waals surface area contributed by atoms with Crippen LogP contribution in [0.4, 0.5) is 0 Å². The van der Waals surface area contributed by atoms with Gasteiger partial charge < -0.3 is 4.74 Å². The van der Waals surface area contributed by atoms with E-state index in [1.807, 2.05) is 26.1 Å². The minimum Gasteiger partial charge on any atom is -0.457 e. The van der Waals surface area contributed by atoms with Gasteiger partial charge in [-0.25, -0.2) is 0 Å². The van der Waals surface area contributed by atoms with Gasteiger partial charge in [0.15, 0.2) is 0 Å². The summed E-state index contributed by atoms with van der Waals surface area (Å²) in [5.74, 6) is -0.117. The van der Waals surface area contributed by atoms with E-state index in [4.69, 9.17) is 4.74 Å². The Morgan fingerprint density at radius 2 is 2.39 bits per heavy atom. The summed E-state index contributed by atoms with van der Waals surface area (Å²) in [5.41, 5.74) is 0.935. The first-order valence-electron chi connectivity index (χ1n) is 6.49. The molecule has 0 amide bonds. The molecule has 0 saturated carbocycles. The lowest BCUT2D eigenvalue weighted by Crippen LogP contribution is -2.43. The van der Waals surface area contributed by atoms with E-state index in [2.05, 4.69) is 9.88 Å². The number of ether oxygens (including phenoxy) is 1. The zero-order chi connectivity index (χ0) is 13.0. The highest BCUT2D eigenvalue weighted by molar-refractivity contribution is 5.76. The van der Waals surface area contributed by atoms with E-state index in [0.717, 1.165) is 24.9 Å². The molecule has 2 unspecified atom stereocenters. The zero-order valence-corrected chi connectivity index (χ0v) is 11.0. The smallest absolute Gasteiger partial charge is 0.323 e. The molecule has 1 aliphatic heterocycles. The molecule has 0 aromatic carbocycles. The van der Waals surface area contributed by atoms with Crippen LogP contribution in [0.15, 0.2) is 24.5 Å². The maximum Gasteiger partial charge on any atom is 0.323 e. The third-order valence-electron chi connectivity index (χ3n) is 3.49. The Bertz CT molecular complexity index is 394. The summed E-state index contributed by atoms with van der Waals surface area (Å²) in [7, 11) is 1.99. The average Bonchev–Trinajstić information content (AvgIpc) is 2.40. The van der Waals surface area contributed by atoms with E-state index in [0.29, 0.717) is 0 Å². The standard InChI is InChI=1S/C14H20N2O2/c1-11(12-6-5-8-15-10-12)18-14(17)13-7-3-4-9-16(13)2/h5-6,8,10-11,13H,3-4,7,9H2,1-2H3. The first kappa shape index (κ1) is 13.0. The number of carbonyl (C=O) groups excluding carboxylic acids is 1. The Kier molecular flexibility index (Phi) is 4.31. The minimum absolute atomic E-state index is 0.0853. The first-order valence-corrected chi connectivity index (χ1v) is 6.49. The van der Waals surface area contributed by atoms with Gasteiger partial charge in [0.1, 0.15) is 12.1 Å². The Morgan fingerprint density at radius 3 is 3.06 bits per heavy atom. The Morgan fingerprint density at radius 1 is 1.56 bits per heavy atom. The van der Waals surface area contributed by atoms with Crippen LogP contribution >= 0.6 is 0 Å². The molecular formula is C14H20N2O2. The van der Waals surface area contributed by atoms with Gasteiger partial charge in [0.25, 0.3) is 0 Å². The summed E-state index contributed by atoms with van der Waals surface area (Å²) in [5, 5.41) is 0. The largest absolute Gasteiger partial charge is 0.457 e. The molecule has 0 radical (unpaired) electrons. The van der Waals surface area contributed by atoms with Crippen LogP contribution in [0.1, 0.15) is 37.9 Å². The van der Waals surface area contributed by atoms with E-state index in [9.17, 15) is 4.79 Å². The number of likely N-dealkylation sites (tertiary alicyclic amines) is 1. The van der Waals surface area contributed by atoms with Crippen LogP contribution in [-0.2, 0) is 9.53 Å². The normalized spacial score (nSPS) is 22.4. The van der Waals surface area contributed by atoms with Crippen molar-refractivity contribution in [1.82, 2.24) is 9.88 Å². The Hall–Kier alpha value is -1.42. The van der Waals surface area contributed by atoms with Gasteiger partial charge in [-0.15, -0.1) is 0 Å². The van der Waals surface area contributed by atoms with Crippen molar-refractivity contribution in [1.29, 1.82) is 0 Å². The molecule has 2 rings (SSSR count). The third-order valence-corrected chi connectivity index (χ3v) is 3.49. The molecule has 1 saturated heterocycles. The van der Waals surface area contributed by atoms with Crippen molar-refractivity contribution < 1.29 is 9.53 Å². The molecule has 18 heavy (non-hydrogen) atoms. The lowest BCUT2D eigenvalue weighted by molar-refractivity contribution is -0.155. The van der Waals surface area contributed by atoms with Crippen molar-refractivity contribution in [3.05, 3.63) is 30.1 Å². The molecule has 0 bridgehead atoms. The fourth-order valence-electron chi connectivity index (χ4n) is 2.31. The van der Waals surface area contributed by atoms with Crippen molar-refractivity contribution in [2.75, 3.05) is 13.6 Å². The number of hydrogen-bond acceptors (Lipinski definition) is 4. The molecule has 1 aromatic rings. The second-order valence-electron chi connectivity index (χ2n) is 4.86. The molecule has 2 heterocycles. The maximum atomic E-state index is 12.1. The first-order chi connectivity index (χ1) is 8.68. The molecule has 1 fully saturated rings. The van der Waals surface area contributed by atoms with Crippen LogP contribution in [0.3, 0.4) is 0 Å². The van der Waals surface area contributed by atoms with Crippen LogP contribution < -0.4 is 0 Å². The summed E-state index contributed by atoms with van der Waals surface area (Å²) >= 11 is 0. The average molecular weight is 248 g/mol. The second-order valence-corrected chi connectivity index (χ2v) is 4.86. The van der Waals surface area contributed by atoms with Gasteiger partial charge in [0.05, 0.1) is 0 Å². The van der Waals surface area contributed by atoms with Crippen LogP contribution in [0, 0.1) is 0 Å². The van der Waals surface area contributed by atoms with Crippen LogP contribution in [0.5, 0.6) is 0 Å². The quantitative estimate of drug-likeness (QED) is 0.769. The fourth-order valence-corrected chi connectivity index (χ4v) is 2.31. The highest BCUT2D eigenvalue weighted by Gasteiger charge is 2.28. The number of likely N-dealkylation sites (N-methyl/N-ethyl adjacent to an activating group) is 1. The van der Waals surface area contributed by atoms with Crippen molar-refractivity contribution in [3.8, 4) is 0 Å². The SMILES string of the molecule is CC(OC(=O)C1CCCCN1C)c1cccnc1. The number of rotatable bonds is 3. The molecule has 2 atom stereocenters. The van der Waals surface area contributed by atoms with Crippen LogP contribution in [0.2, 0.25) is 0 Å². The number of piperidine rings is 1. The summed E-state index contributed by atoms with van der Waals surface area (Å²) in [6, 6.07) is 3.69.